The molecule has 126 valence electrons. The second kappa shape index (κ2) is 5.90. The molecular formula is C17H19FN4O2. The number of hydrogen-bond acceptors (Lipinski definition) is 4. The Hall–Kier alpha value is -2.41. The van der Waals surface area contributed by atoms with Gasteiger partial charge in [0.25, 0.3) is 5.91 Å². The van der Waals surface area contributed by atoms with E-state index in [1.165, 1.54) is 12.1 Å². The summed E-state index contributed by atoms with van der Waals surface area (Å²) in [5.74, 6) is 0.433. The summed E-state index contributed by atoms with van der Waals surface area (Å²) in [5.41, 5.74) is 2.17. The predicted molar refractivity (Wildman–Crippen MR) is 86.5 cm³/mol. The van der Waals surface area contributed by atoms with Crippen LogP contribution >= 0.6 is 0 Å². The number of morpholine rings is 1. The van der Waals surface area contributed by atoms with E-state index in [4.69, 9.17) is 4.74 Å². The lowest BCUT2D eigenvalue weighted by Crippen LogP contribution is -2.41. The fraction of sp³-hybridized carbons (Fsp3) is 0.412. The smallest absolute Gasteiger partial charge is 0.259 e. The average molecular weight is 330 g/mol. The average Bonchev–Trinajstić information content (AvgIpc) is 3.11. The van der Waals surface area contributed by atoms with E-state index in [0.717, 1.165) is 11.4 Å². The minimum Gasteiger partial charge on any atom is -0.378 e. The molecule has 1 aromatic carbocycles. The summed E-state index contributed by atoms with van der Waals surface area (Å²) in [4.78, 5) is 14.7. The van der Waals surface area contributed by atoms with Gasteiger partial charge in [-0.3, -0.25) is 4.79 Å². The highest BCUT2D eigenvalue weighted by molar-refractivity contribution is 6.00. The Morgan fingerprint density at radius 3 is 2.92 bits per heavy atom. The fourth-order valence-corrected chi connectivity index (χ4v) is 3.34. The third kappa shape index (κ3) is 2.54. The van der Waals surface area contributed by atoms with Crippen LogP contribution in [0.4, 0.5) is 10.2 Å². The van der Waals surface area contributed by atoms with Gasteiger partial charge in [-0.15, -0.1) is 0 Å². The summed E-state index contributed by atoms with van der Waals surface area (Å²) >= 11 is 0. The number of anilines is 1. The van der Waals surface area contributed by atoms with E-state index < -0.39 is 0 Å². The van der Waals surface area contributed by atoms with Gasteiger partial charge < -0.3 is 15.0 Å². The number of fused-ring (bicyclic) bond motifs is 1. The van der Waals surface area contributed by atoms with Crippen LogP contribution < -0.4 is 5.32 Å². The number of ether oxygens (including phenoxy) is 1. The van der Waals surface area contributed by atoms with Crippen LogP contribution in [-0.2, 0) is 11.3 Å². The van der Waals surface area contributed by atoms with Crippen LogP contribution in [-0.4, -0.2) is 46.9 Å². The Kier molecular flexibility index (Phi) is 3.72. The molecule has 24 heavy (non-hydrogen) atoms. The lowest BCUT2D eigenvalue weighted by atomic mass is 10.1. The molecule has 6 nitrogen and oxygen atoms in total. The maximum absolute atomic E-state index is 13.5. The van der Waals surface area contributed by atoms with Crippen LogP contribution in [0.2, 0.25) is 0 Å². The number of amides is 1. The quantitative estimate of drug-likeness (QED) is 0.915. The molecule has 0 aliphatic carbocycles. The van der Waals surface area contributed by atoms with Crippen molar-refractivity contribution in [1.82, 2.24) is 14.7 Å². The van der Waals surface area contributed by atoms with E-state index in [-0.39, 0.29) is 17.8 Å². The predicted octanol–water partition coefficient (Wildman–Crippen LogP) is 1.97. The van der Waals surface area contributed by atoms with Gasteiger partial charge in [0.15, 0.2) is 0 Å². The number of aryl methyl sites for hydroxylation is 1. The fourth-order valence-electron chi connectivity index (χ4n) is 3.34. The Balaban J connectivity index is 1.61. The molecule has 1 saturated heterocycles. The molecule has 0 radical (unpaired) electrons. The number of rotatable bonds is 2. The molecule has 2 aliphatic rings. The van der Waals surface area contributed by atoms with Crippen LogP contribution in [0.1, 0.15) is 27.7 Å². The van der Waals surface area contributed by atoms with Crippen molar-refractivity contribution in [1.29, 1.82) is 0 Å². The zero-order chi connectivity index (χ0) is 16.7. The number of benzene rings is 1. The molecule has 1 aromatic heterocycles. The van der Waals surface area contributed by atoms with Crippen LogP contribution in [0.25, 0.3) is 0 Å². The van der Waals surface area contributed by atoms with Gasteiger partial charge in [-0.1, -0.05) is 12.1 Å². The lowest BCUT2D eigenvalue weighted by Gasteiger charge is -2.27. The van der Waals surface area contributed by atoms with Crippen molar-refractivity contribution in [3.8, 4) is 0 Å². The normalized spacial score (nSPS) is 19.9. The summed E-state index contributed by atoms with van der Waals surface area (Å²) in [6.07, 6.45) is 0. The molecule has 7 heteroatoms. The number of nitrogens with one attached hydrogen (secondary N) is 1. The molecule has 1 atom stereocenters. The van der Waals surface area contributed by atoms with E-state index in [9.17, 15) is 9.18 Å². The van der Waals surface area contributed by atoms with E-state index >= 15 is 0 Å². The van der Waals surface area contributed by atoms with Gasteiger partial charge in [0.05, 0.1) is 31.5 Å². The highest BCUT2D eigenvalue weighted by Crippen LogP contribution is 2.33. The minimum absolute atomic E-state index is 0.0237. The minimum atomic E-state index is -0.264. The number of halogens is 1. The van der Waals surface area contributed by atoms with Gasteiger partial charge in [0, 0.05) is 13.1 Å². The van der Waals surface area contributed by atoms with E-state index in [0.29, 0.717) is 44.1 Å². The number of carbonyl (C=O) groups excluding carboxylic acids is 1. The topological polar surface area (TPSA) is 59.4 Å². The maximum Gasteiger partial charge on any atom is 0.259 e. The number of aromatic nitrogens is 2. The molecule has 0 spiro atoms. The Morgan fingerprint density at radius 2 is 2.17 bits per heavy atom. The van der Waals surface area contributed by atoms with Crippen molar-refractivity contribution in [3.05, 3.63) is 46.9 Å². The zero-order valence-corrected chi connectivity index (χ0v) is 13.5. The van der Waals surface area contributed by atoms with E-state index in [2.05, 4.69) is 10.4 Å². The van der Waals surface area contributed by atoms with Gasteiger partial charge in [-0.2, -0.15) is 5.10 Å². The molecule has 0 unspecified atom stereocenters. The summed E-state index contributed by atoms with van der Waals surface area (Å²) in [7, 11) is 0. The van der Waals surface area contributed by atoms with Crippen LogP contribution in [0.15, 0.2) is 24.3 Å². The monoisotopic (exact) mass is 330 g/mol. The van der Waals surface area contributed by atoms with Crippen LogP contribution in [0.3, 0.4) is 0 Å². The number of carbonyl (C=O) groups is 1. The molecule has 1 amide bonds. The number of hydrogen-bond donors (Lipinski definition) is 1. The van der Waals surface area contributed by atoms with Crippen molar-refractivity contribution in [2.45, 2.75) is 19.5 Å². The Bertz CT molecular complexity index is 783. The van der Waals surface area contributed by atoms with E-state index in [1.807, 2.05) is 13.0 Å². The van der Waals surface area contributed by atoms with Gasteiger partial charge in [-0.25, -0.2) is 9.07 Å². The molecule has 3 heterocycles. The molecule has 2 aliphatic heterocycles. The molecular weight excluding hydrogens is 311 g/mol. The van der Waals surface area contributed by atoms with Gasteiger partial charge in [0.2, 0.25) is 0 Å². The Labute approximate surface area is 139 Å². The van der Waals surface area contributed by atoms with Crippen molar-refractivity contribution >= 4 is 11.7 Å². The van der Waals surface area contributed by atoms with Crippen LogP contribution in [0.5, 0.6) is 0 Å². The Morgan fingerprint density at radius 1 is 1.38 bits per heavy atom. The second-order valence-corrected chi connectivity index (χ2v) is 6.15. The summed E-state index contributed by atoms with van der Waals surface area (Å²) in [6.45, 7) is 4.74. The molecule has 1 fully saturated rings. The third-order valence-corrected chi connectivity index (χ3v) is 4.56. The molecule has 1 N–H and O–H groups in total. The molecule has 0 bridgehead atoms. The third-order valence-electron chi connectivity index (χ3n) is 4.56. The first-order valence-corrected chi connectivity index (χ1v) is 8.10. The second-order valence-electron chi connectivity index (χ2n) is 6.15. The van der Waals surface area contributed by atoms with E-state index in [1.54, 1.807) is 15.6 Å². The lowest BCUT2D eigenvalue weighted by molar-refractivity contribution is 0.0303. The molecule has 2 aromatic rings. The van der Waals surface area contributed by atoms with Crippen molar-refractivity contribution in [2.24, 2.45) is 0 Å². The first-order valence-electron chi connectivity index (χ1n) is 8.10. The summed E-state index contributed by atoms with van der Waals surface area (Å²) in [6, 6.07) is 6.43. The molecule has 0 saturated carbocycles. The van der Waals surface area contributed by atoms with Crippen molar-refractivity contribution in [2.75, 3.05) is 31.6 Å². The zero-order valence-electron chi connectivity index (χ0n) is 13.5. The van der Waals surface area contributed by atoms with Crippen LogP contribution in [0, 0.1) is 12.7 Å². The maximum atomic E-state index is 13.5. The van der Waals surface area contributed by atoms with Crippen molar-refractivity contribution < 1.29 is 13.9 Å². The first-order chi connectivity index (χ1) is 11.6. The highest BCUT2D eigenvalue weighted by atomic mass is 19.1. The van der Waals surface area contributed by atoms with Gasteiger partial charge in [0.1, 0.15) is 17.2 Å². The summed E-state index contributed by atoms with van der Waals surface area (Å²) < 4.78 is 20.6. The van der Waals surface area contributed by atoms with Gasteiger partial charge in [-0.05, 0) is 24.6 Å². The SMILES string of the molecule is Cc1nn2c(c1C(=O)N1CCOCC1)N[C@@H](c1cccc(F)c1)C2. The standard InChI is InChI=1S/C17H19FN4O2/c1-11-15(17(23)21-5-7-24-8-6-21)16-19-14(10-22(16)20-11)12-3-2-4-13(18)9-12/h2-4,9,14,19H,5-8,10H2,1H3/t14-/m1/s1. The highest BCUT2D eigenvalue weighted by Gasteiger charge is 2.32. The largest absolute Gasteiger partial charge is 0.378 e. The van der Waals surface area contributed by atoms with Gasteiger partial charge >= 0.3 is 0 Å². The number of nitrogens with zero attached hydrogens (tertiary/aromatic N) is 3. The summed E-state index contributed by atoms with van der Waals surface area (Å²) in [5, 5.41) is 7.83. The molecule has 4 rings (SSSR count). The van der Waals surface area contributed by atoms with Crippen molar-refractivity contribution in [3.63, 3.8) is 0 Å². The first kappa shape index (κ1) is 15.1.